The molecule has 0 spiro atoms. The van der Waals surface area contributed by atoms with Crippen LogP contribution in [0.15, 0.2) is 60.7 Å². The lowest BCUT2D eigenvalue weighted by atomic mass is 9.86. The van der Waals surface area contributed by atoms with Crippen molar-refractivity contribution < 1.29 is 9.59 Å². The van der Waals surface area contributed by atoms with Crippen LogP contribution in [0, 0.1) is 0 Å². The van der Waals surface area contributed by atoms with Crippen LogP contribution < -0.4 is 11.1 Å². The first kappa shape index (κ1) is 19.5. The highest BCUT2D eigenvalue weighted by Crippen LogP contribution is 2.22. The van der Waals surface area contributed by atoms with Crippen molar-refractivity contribution >= 4 is 22.7 Å². The van der Waals surface area contributed by atoms with Gasteiger partial charge in [-0.3, -0.25) is 14.6 Å². The Kier molecular flexibility index (Phi) is 5.45. The maximum Gasteiger partial charge on any atom is 0.251 e. The molecule has 2 amide bonds. The van der Waals surface area contributed by atoms with Crippen molar-refractivity contribution in [1.29, 1.82) is 0 Å². The van der Waals surface area contributed by atoms with Crippen LogP contribution in [-0.4, -0.2) is 22.8 Å². The van der Waals surface area contributed by atoms with Gasteiger partial charge in [0.1, 0.15) is 6.04 Å². The Balaban J connectivity index is 1.75. The predicted molar refractivity (Wildman–Crippen MR) is 111 cm³/mol. The normalized spacial score (nSPS) is 12.5. The van der Waals surface area contributed by atoms with Crippen LogP contribution in [0.1, 0.15) is 42.4 Å². The fourth-order valence-electron chi connectivity index (χ4n) is 3.02. The number of primary amides is 1. The molecule has 3 aromatic rings. The van der Waals surface area contributed by atoms with Crippen LogP contribution in [0.25, 0.3) is 10.9 Å². The molecule has 1 aromatic heterocycles. The summed E-state index contributed by atoms with van der Waals surface area (Å²) in [4.78, 5) is 29.0. The molecular formula is C23H25N3O2. The third kappa shape index (κ3) is 4.55. The van der Waals surface area contributed by atoms with E-state index in [9.17, 15) is 9.59 Å². The van der Waals surface area contributed by atoms with E-state index in [-0.39, 0.29) is 17.7 Å². The summed E-state index contributed by atoms with van der Waals surface area (Å²) in [6.45, 7) is 6.34. The first-order valence-electron chi connectivity index (χ1n) is 9.29. The fourth-order valence-corrected chi connectivity index (χ4v) is 3.02. The second kappa shape index (κ2) is 7.80. The van der Waals surface area contributed by atoms with Crippen LogP contribution >= 0.6 is 0 Å². The summed E-state index contributed by atoms with van der Waals surface area (Å²) < 4.78 is 0. The topological polar surface area (TPSA) is 85.1 Å². The van der Waals surface area contributed by atoms with Gasteiger partial charge in [-0.2, -0.15) is 0 Å². The maximum absolute atomic E-state index is 12.6. The van der Waals surface area contributed by atoms with Crippen molar-refractivity contribution in [1.82, 2.24) is 10.3 Å². The van der Waals surface area contributed by atoms with Crippen LogP contribution in [0.2, 0.25) is 0 Å². The third-order valence-corrected chi connectivity index (χ3v) is 4.73. The SMILES string of the molecule is CC(C)(C)c1ccc(C(=O)N[C@H](Cc2ccc3ccccc3n2)C(N)=O)cc1. The molecule has 5 heteroatoms. The molecule has 0 fully saturated rings. The van der Waals surface area contributed by atoms with Crippen molar-refractivity contribution in [2.75, 3.05) is 0 Å². The van der Waals surface area contributed by atoms with E-state index < -0.39 is 11.9 Å². The number of para-hydroxylation sites is 1. The summed E-state index contributed by atoms with van der Waals surface area (Å²) in [7, 11) is 0. The molecule has 28 heavy (non-hydrogen) atoms. The van der Waals surface area contributed by atoms with E-state index in [1.807, 2.05) is 48.5 Å². The van der Waals surface area contributed by atoms with Crippen LogP contribution in [0.5, 0.6) is 0 Å². The lowest BCUT2D eigenvalue weighted by molar-refractivity contribution is -0.119. The first-order valence-corrected chi connectivity index (χ1v) is 9.29. The van der Waals surface area contributed by atoms with Crippen molar-refractivity contribution in [3.05, 3.63) is 77.5 Å². The number of fused-ring (bicyclic) bond motifs is 1. The third-order valence-electron chi connectivity index (χ3n) is 4.73. The molecule has 2 aromatic carbocycles. The zero-order valence-corrected chi connectivity index (χ0v) is 16.4. The van der Waals surface area contributed by atoms with Gasteiger partial charge in [0.25, 0.3) is 5.91 Å². The van der Waals surface area contributed by atoms with E-state index in [4.69, 9.17) is 5.73 Å². The second-order valence-corrected chi connectivity index (χ2v) is 7.96. The van der Waals surface area contributed by atoms with Gasteiger partial charge in [-0.25, -0.2) is 0 Å². The number of hydrogen-bond donors (Lipinski definition) is 2. The number of nitrogens with zero attached hydrogens (tertiary/aromatic N) is 1. The summed E-state index contributed by atoms with van der Waals surface area (Å²) in [5.74, 6) is -0.917. The Bertz CT molecular complexity index is 1000. The minimum atomic E-state index is -0.830. The molecule has 0 unspecified atom stereocenters. The number of carbonyl (C=O) groups is 2. The molecular weight excluding hydrogens is 350 g/mol. The quantitative estimate of drug-likeness (QED) is 0.717. The van der Waals surface area contributed by atoms with E-state index in [1.54, 1.807) is 12.1 Å². The van der Waals surface area contributed by atoms with E-state index in [2.05, 4.69) is 31.1 Å². The van der Waals surface area contributed by atoms with Gasteiger partial charge in [-0.15, -0.1) is 0 Å². The van der Waals surface area contributed by atoms with Gasteiger partial charge in [-0.1, -0.05) is 57.2 Å². The molecule has 0 aliphatic heterocycles. The molecule has 0 radical (unpaired) electrons. The van der Waals surface area contributed by atoms with Crippen molar-refractivity contribution in [3.8, 4) is 0 Å². The molecule has 0 aliphatic rings. The molecule has 0 saturated heterocycles. The van der Waals surface area contributed by atoms with Gasteiger partial charge in [-0.05, 0) is 35.2 Å². The largest absolute Gasteiger partial charge is 0.368 e. The predicted octanol–water partition coefficient (Wildman–Crippen LogP) is 3.36. The number of hydrogen-bond acceptors (Lipinski definition) is 3. The second-order valence-electron chi connectivity index (χ2n) is 7.96. The molecule has 0 saturated carbocycles. The molecule has 0 aliphatic carbocycles. The Morgan fingerprint density at radius 2 is 1.68 bits per heavy atom. The highest BCUT2D eigenvalue weighted by Gasteiger charge is 2.21. The van der Waals surface area contributed by atoms with Gasteiger partial charge in [0.05, 0.1) is 5.52 Å². The summed E-state index contributed by atoms with van der Waals surface area (Å²) in [5.41, 5.74) is 8.70. The van der Waals surface area contributed by atoms with Crippen LogP contribution in [-0.2, 0) is 16.6 Å². The molecule has 1 heterocycles. The van der Waals surface area contributed by atoms with Gasteiger partial charge in [0.2, 0.25) is 5.91 Å². The average molecular weight is 375 g/mol. The number of benzene rings is 2. The number of aromatic nitrogens is 1. The molecule has 144 valence electrons. The number of nitrogens with two attached hydrogens (primary N) is 1. The van der Waals surface area contributed by atoms with Crippen molar-refractivity contribution in [3.63, 3.8) is 0 Å². The first-order chi connectivity index (χ1) is 13.2. The van der Waals surface area contributed by atoms with E-state index >= 15 is 0 Å². The fraction of sp³-hybridized carbons (Fsp3) is 0.261. The standard InChI is InChI=1S/C23H25N3O2/c1-23(2,3)17-11-8-16(9-12-17)22(28)26-20(21(24)27)14-18-13-10-15-6-4-5-7-19(15)25-18/h4-13,20H,14H2,1-3H3,(H2,24,27)(H,26,28)/t20-/m1/s1. The van der Waals surface area contributed by atoms with Crippen molar-refractivity contribution in [2.45, 2.75) is 38.6 Å². The number of rotatable bonds is 5. The summed E-state index contributed by atoms with van der Waals surface area (Å²) in [6, 6.07) is 18.1. The molecule has 3 N–H and O–H groups in total. The number of amides is 2. The van der Waals surface area contributed by atoms with Crippen LogP contribution in [0.4, 0.5) is 0 Å². The Morgan fingerprint density at radius 3 is 2.32 bits per heavy atom. The molecule has 3 rings (SSSR count). The van der Waals surface area contributed by atoms with Gasteiger partial charge >= 0.3 is 0 Å². The van der Waals surface area contributed by atoms with Crippen molar-refractivity contribution in [2.24, 2.45) is 5.73 Å². The van der Waals surface area contributed by atoms with E-state index in [0.717, 1.165) is 16.5 Å². The van der Waals surface area contributed by atoms with Crippen LogP contribution in [0.3, 0.4) is 0 Å². The monoisotopic (exact) mass is 375 g/mol. The summed E-state index contributed by atoms with van der Waals surface area (Å²) in [5, 5.41) is 3.75. The van der Waals surface area contributed by atoms with Gasteiger partial charge in [0, 0.05) is 23.1 Å². The number of nitrogens with one attached hydrogen (secondary N) is 1. The lowest BCUT2D eigenvalue weighted by Gasteiger charge is -2.19. The molecule has 1 atom stereocenters. The molecule has 5 nitrogen and oxygen atoms in total. The van der Waals surface area contributed by atoms with E-state index in [1.165, 1.54) is 0 Å². The lowest BCUT2D eigenvalue weighted by Crippen LogP contribution is -2.46. The molecule has 0 bridgehead atoms. The Hall–Kier alpha value is -3.21. The Morgan fingerprint density at radius 1 is 1.00 bits per heavy atom. The smallest absolute Gasteiger partial charge is 0.251 e. The highest BCUT2D eigenvalue weighted by atomic mass is 16.2. The highest BCUT2D eigenvalue weighted by molar-refractivity contribution is 5.97. The Labute approximate surface area is 165 Å². The maximum atomic E-state index is 12.6. The summed E-state index contributed by atoms with van der Waals surface area (Å²) >= 11 is 0. The summed E-state index contributed by atoms with van der Waals surface area (Å²) in [6.07, 6.45) is 0.242. The number of carbonyl (C=O) groups excluding carboxylic acids is 2. The average Bonchev–Trinajstić information content (AvgIpc) is 2.66. The van der Waals surface area contributed by atoms with Gasteiger partial charge in [0.15, 0.2) is 0 Å². The number of pyridine rings is 1. The minimum Gasteiger partial charge on any atom is -0.368 e. The van der Waals surface area contributed by atoms with E-state index in [0.29, 0.717) is 11.3 Å². The van der Waals surface area contributed by atoms with Gasteiger partial charge < -0.3 is 11.1 Å². The zero-order chi connectivity index (χ0) is 20.3. The zero-order valence-electron chi connectivity index (χ0n) is 16.4. The minimum absolute atomic E-state index is 0.00647.